The summed E-state index contributed by atoms with van der Waals surface area (Å²) < 4.78 is 40.7. The Morgan fingerprint density at radius 2 is 1.67 bits per heavy atom. The number of para-hydroxylation sites is 1. The maximum Gasteiger partial charge on any atom is 0.401 e. The van der Waals surface area contributed by atoms with Gasteiger partial charge in [0, 0.05) is 24.6 Å². The van der Waals surface area contributed by atoms with E-state index in [2.05, 4.69) is 15.7 Å². The maximum atomic E-state index is 13.0. The van der Waals surface area contributed by atoms with Crippen LogP contribution in [0.4, 0.5) is 23.8 Å². The summed E-state index contributed by atoms with van der Waals surface area (Å²) in [5.74, 6) is 0.277. The van der Waals surface area contributed by atoms with E-state index in [0.29, 0.717) is 5.82 Å². The van der Waals surface area contributed by atoms with Crippen LogP contribution in [0.5, 0.6) is 0 Å². The largest absolute Gasteiger partial charge is 0.401 e. The number of alkyl halides is 3. The molecule has 2 atom stereocenters. The lowest BCUT2D eigenvalue weighted by Gasteiger charge is -2.21. The number of rotatable bonds is 5. The highest BCUT2D eigenvalue weighted by Crippen LogP contribution is 2.30. The molecule has 2 N–H and O–H groups in total. The van der Waals surface area contributed by atoms with Gasteiger partial charge in [-0.2, -0.15) is 18.3 Å². The molecule has 9 heteroatoms. The molecule has 2 aromatic carbocycles. The van der Waals surface area contributed by atoms with Crippen molar-refractivity contribution in [2.75, 3.05) is 25.0 Å². The van der Waals surface area contributed by atoms with Crippen molar-refractivity contribution in [3.63, 3.8) is 0 Å². The van der Waals surface area contributed by atoms with Gasteiger partial charge in [-0.15, -0.1) is 0 Å². The van der Waals surface area contributed by atoms with E-state index >= 15 is 0 Å². The minimum absolute atomic E-state index is 0.114. The van der Waals surface area contributed by atoms with E-state index in [1.807, 2.05) is 74.5 Å². The molecular formula is C24H26F3N5O. The summed E-state index contributed by atoms with van der Waals surface area (Å²) in [5.41, 5.74) is 3.28. The molecule has 2 unspecified atom stereocenters. The Morgan fingerprint density at radius 1 is 1.03 bits per heavy atom. The lowest BCUT2D eigenvalue weighted by molar-refractivity contribution is -0.143. The Bertz CT molecular complexity index is 1100. The number of halogens is 3. The van der Waals surface area contributed by atoms with Crippen molar-refractivity contribution in [3.05, 3.63) is 77.5 Å². The second-order valence-corrected chi connectivity index (χ2v) is 8.34. The first kappa shape index (κ1) is 22.8. The van der Waals surface area contributed by atoms with Crippen molar-refractivity contribution in [1.82, 2.24) is 20.0 Å². The average molecular weight is 458 g/mol. The molecule has 0 saturated carbocycles. The number of carbonyl (C=O) groups is 1. The zero-order valence-corrected chi connectivity index (χ0v) is 18.4. The first-order chi connectivity index (χ1) is 15.7. The number of urea groups is 1. The van der Waals surface area contributed by atoms with Gasteiger partial charge >= 0.3 is 12.2 Å². The van der Waals surface area contributed by atoms with Crippen LogP contribution in [0, 0.1) is 13.8 Å². The van der Waals surface area contributed by atoms with Crippen LogP contribution >= 0.6 is 0 Å². The van der Waals surface area contributed by atoms with Crippen molar-refractivity contribution in [3.8, 4) is 5.69 Å². The van der Waals surface area contributed by atoms with Crippen LogP contribution < -0.4 is 10.6 Å². The second kappa shape index (κ2) is 9.27. The molecule has 4 rings (SSSR count). The number of anilines is 1. The summed E-state index contributed by atoms with van der Waals surface area (Å²) in [5, 5.41) is 10.3. The van der Waals surface area contributed by atoms with Gasteiger partial charge in [0.05, 0.1) is 24.0 Å². The quantitative estimate of drug-likeness (QED) is 0.587. The van der Waals surface area contributed by atoms with Crippen molar-refractivity contribution >= 4 is 11.8 Å². The Hall–Kier alpha value is -3.33. The van der Waals surface area contributed by atoms with Gasteiger partial charge in [0.2, 0.25) is 0 Å². The molecule has 1 aliphatic heterocycles. The van der Waals surface area contributed by atoms with Gasteiger partial charge in [-0.1, -0.05) is 48.5 Å². The van der Waals surface area contributed by atoms with Crippen LogP contribution in [0.15, 0.2) is 60.7 Å². The van der Waals surface area contributed by atoms with Crippen molar-refractivity contribution in [2.24, 2.45) is 0 Å². The molecule has 0 radical (unpaired) electrons. The van der Waals surface area contributed by atoms with Crippen LogP contribution in [0.25, 0.3) is 5.69 Å². The van der Waals surface area contributed by atoms with Gasteiger partial charge < -0.3 is 5.32 Å². The third-order valence-corrected chi connectivity index (χ3v) is 5.94. The van der Waals surface area contributed by atoms with Crippen LogP contribution in [0.2, 0.25) is 0 Å². The zero-order valence-electron chi connectivity index (χ0n) is 18.4. The Kier molecular flexibility index (Phi) is 6.42. The van der Waals surface area contributed by atoms with Crippen LogP contribution in [0.3, 0.4) is 0 Å². The van der Waals surface area contributed by atoms with Crippen molar-refractivity contribution < 1.29 is 18.0 Å². The molecule has 174 valence electrons. The smallest absolute Gasteiger partial charge is 0.333 e. The van der Waals surface area contributed by atoms with Gasteiger partial charge in [0.25, 0.3) is 0 Å². The Labute approximate surface area is 190 Å². The fraction of sp³-hybridized carbons (Fsp3) is 0.333. The average Bonchev–Trinajstić information content (AvgIpc) is 3.29. The molecule has 1 aromatic heterocycles. The van der Waals surface area contributed by atoms with E-state index in [9.17, 15) is 18.0 Å². The van der Waals surface area contributed by atoms with E-state index in [1.165, 1.54) is 4.90 Å². The fourth-order valence-electron chi connectivity index (χ4n) is 4.27. The van der Waals surface area contributed by atoms with E-state index in [4.69, 9.17) is 0 Å². The van der Waals surface area contributed by atoms with Crippen LogP contribution in [0.1, 0.15) is 22.7 Å². The Balaban J connectivity index is 1.53. The molecule has 2 heterocycles. The summed E-state index contributed by atoms with van der Waals surface area (Å²) in [6.45, 7) is 3.05. The highest BCUT2D eigenvalue weighted by atomic mass is 19.4. The number of hydrogen-bond acceptors (Lipinski definition) is 3. The van der Waals surface area contributed by atoms with Crippen molar-refractivity contribution in [1.29, 1.82) is 0 Å². The van der Waals surface area contributed by atoms with Crippen molar-refractivity contribution in [2.45, 2.75) is 32.0 Å². The molecule has 33 heavy (non-hydrogen) atoms. The predicted octanol–water partition coefficient (Wildman–Crippen LogP) is 4.64. The number of amides is 2. The molecule has 1 fully saturated rings. The third-order valence-electron chi connectivity index (χ3n) is 5.94. The maximum absolute atomic E-state index is 13.0. The summed E-state index contributed by atoms with van der Waals surface area (Å²) in [7, 11) is 0. The highest BCUT2D eigenvalue weighted by molar-refractivity contribution is 5.90. The van der Waals surface area contributed by atoms with Crippen LogP contribution in [-0.2, 0) is 0 Å². The molecule has 1 aliphatic rings. The molecule has 2 amide bonds. The molecule has 3 aromatic rings. The molecule has 0 spiro atoms. The number of nitrogens with zero attached hydrogens (tertiary/aromatic N) is 3. The van der Waals surface area contributed by atoms with Gasteiger partial charge in [-0.25, -0.2) is 9.48 Å². The van der Waals surface area contributed by atoms with E-state index in [1.54, 1.807) is 4.68 Å². The predicted molar refractivity (Wildman–Crippen MR) is 121 cm³/mol. The summed E-state index contributed by atoms with van der Waals surface area (Å²) in [6.07, 6.45) is -4.30. The Morgan fingerprint density at radius 3 is 2.30 bits per heavy atom. The molecule has 0 aliphatic carbocycles. The number of carbonyl (C=O) groups excluding carboxylic acids is 1. The molecule has 0 bridgehead atoms. The third kappa shape index (κ3) is 5.36. The zero-order chi connectivity index (χ0) is 23.6. The fourth-order valence-corrected chi connectivity index (χ4v) is 4.27. The lowest BCUT2D eigenvalue weighted by Crippen LogP contribution is -2.43. The minimum atomic E-state index is -4.30. The van der Waals surface area contributed by atoms with Crippen LogP contribution in [-0.4, -0.2) is 52.6 Å². The topological polar surface area (TPSA) is 62.2 Å². The first-order valence-corrected chi connectivity index (χ1v) is 10.7. The summed E-state index contributed by atoms with van der Waals surface area (Å²) in [6, 6.07) is 17.8. The van der Waals surface area contributed by atoms with Gasteiger partial charge in [-0.3, -0.25) is 10.2 Å². The van der Waals surface area contributed by atoms with E-state index in [-0.39, 0.29) is 19.0 Å². The molecular weight excluding hydrogens is 431 g/mol. The standard InChI is InChI=1S/C24H26F3N5O/c1-16-17(2)30-32(19-11-7-4-8-12-19)22(16)29-23(33)28-21-14-31(15-24(25,26)27)13-20(21)18-9-5-3-6-10-18/h3-12,20-21H,13-15H2,1-2H3,(H2,28,29,33). The minimum Gasteiger partial charge on any atom is -0.333 e. The van der Waals surface area contributed by atoms with Gasteiger partial charge in [0.1, 0.15) is 5.82 Å². The van der Waals surface area contributed by atoms with Gasteiger partial charge in [-0.05, 0) is 31.5 Å². The lowest BCUT2D eigenvalue weighted by atomic mass is 9.94. The molecule has 1 saturated heterocycles. The number of benzene rings is 2. The number of nitrogens with one attached hydrogen (secondary N) is 2. The number of likely N-dealkylation sites (tertiary alicyclic amines) is 1. The first-order valence-electron chi connectivity index (χ1n) is 10.7. The summed E-state index contributed by atoms with van der Waals surface area (Å²) in [4.78, 5) is 14.3. The second-order valence-electron chi connectivity index (χ2n) is 8.34. The molecule has 6 nitrogen and oxygen atoms in total. The highest BCUT2D eigenvalue weighted by Gasteiger charge is 2.40. The van der Waals surface area contributed by atoms with E-state index in [0.717, 1.165) is 22.5 Å². The normalized spacial score (nSPS) is 18.9. The monoisotopic (exact) mass is 457 g/mol. The van der Waals surface area contributed by atoms with E-state index < -0.39 is 24.8 Å². The van der Waals surface area contributed by atoms with Gasteiger partial charge in [0.15, 0.2) is 0 Å². The summed E-state index contributed by atoms with van der Waals surface area (Å²) >= 11 is 0. The number of aromatic nitrogens is 2. The number of aryl methyl sites for hydroxylation is 1. The number of hydrogen-bond donors (Lipinski definition) is 2. The SMILES string of the molecule is Cc1nn(-c2ccccc2)c(NC(=O)NC2CN(CC(F)(F)F)CC2c2ccccc2)c1C.